The number of halogens is 4. The zero-order valence-electron chi connectivity index (χ0n) is 10.9. The van der Waals surface area contributed by atoms with Gasteiger partial charge < -0.3 is 9.30 Å². The zero-order valence-corrected chi connectivity index (χ0v) is 11.7. The van der Waals surface area contributed by atoms with Crippen LogP contribution in [-0.4, -0.2) is 22.8 Å². The maximum absolute atomic E-state index is 12.9. The molecule has 1 saturated heterocycles. The van der Waals surface area contributed by atoms with Gasteiger partial charge in [0.15, 0.2) is 5.69 Å². The van der Waals surface area contributed by atoms with Crippen molar-refractivity contribution in [1.29, 1.82) is 0 Å². The summed E-state index contributed by atoms with van der Waals surface area (Å²) < 4.78 is 45.2. The van der Waals surface area contributed by atoms with E-state index in [1.54, 1.807) is 28.8 Å². The average Bonchev–Trinajstić information content (AvgIpc) is 2.81. The van der Waals surface area contributed by atoms with Gasteiger partial charge in [-0.1, -0.05) is 24.3 Å². The zero-order chi connectivity index (χ0) is 15.0. The highest BCUT2D eigenvalue weighted by Crippen LogP contribution is 2.34. The minimum atomic E-state index is -4.46. The van der Waals surface area contributed by atoms with Crippen LogP contribution in [0.3, 0.4) is 0 Å². The standard InChI is InChI=1S/C14H12ClF3N2O/c15-5-9-1-3-10(4-2-9)13-19-12(14(16,17)18)6-20(13)11-7-21-8-11/h1-4,6,11H,5,7-8H2. The second-order valence-electron chi connectivity index (χ2n) is 4.88. The molecule has 0 radical (unpaired) electrons. The highest BCUT2D eigenvalue weighted by molar-refractivity contribution is 6.17. The van der Waals surface area contributed by atoms with Crippen LogP contribution in [0.15, 0.2) is 30.5 Å². The molecular formula is C14H12ClF3N2O. The van der Waals surface area contributed by atoms with Crippen molar-refractivity contribution < 1.29 is 17.9 Å². The maximum Gasteiger partial charge on any atom is 0.434 e. The number of hydrogen-bond acceptors (Lipinski definition) is 2. The first kappa shape index (κ1) is 14.4. The van der Waals surface area contributed by atoms with Crippen LogP contribution < -0.4 is 0 Å². The Morgan fingerprint density at radius 1 is 1.24 bits per heavy atom. The smallest absolute Gasteiger partial charge is 0.377 e. The third kappa shape index (κ3) is 2.78. The highest BCUT2D eigenvalue weighted by Gasteiger charge is 2.36. The van der Waals surface area contributed by atoms with Gasteiger partial charge in [0.05, 0.1) is 19.3 Å². The van der Waals surface area contributed by atoms with Gasteiger partial charge in [-0.3, -0.25) is 0 Å². The second kappa shape index (κ2) is 5.35. The van der Waals surface area contributed by atoms with E-state index in [-0.39, 0.29) is 6.04 Å². The van der Waals surface area contributed by atoms with E-state index in [1.807, 2.05) is 0 Å². The molecule has 2 aromatic rings. The van der Waals surface area contributed by atoms with Gasteiger partial charge in [0.1, 0.15) is 5.82 Å². The van der Waals surface area contributed by atoms with Crippen LogP contribution in [0, 0.1) is 0 Å². The van der Waals surface area contributed by atoms with Crippen molar-refractivity contribution in [3.8, 4) is 11.4 Å². The van der Waals surface area contributed by atoms with Gasteiger partial charge in [0.2, 0.25) is 0 Å². The summed E-state index contributed by atoms with van der Waals surface area (Å²) in [5, 5.41) is 0. The summed E-state index contributed by atoms with van der Waals surface area (Å²) in [6.45, 7) is 0.806. The van der Waals surface area contributed by atoms with Crippen molar-refractivity contribution >= 4 is 11.6 Å². The van der Waals surface area contributed by atoms with Crippen molar-refractivity contribution in [3.05, 3.63) is 41.7 Å². The Morgan fingerprint density at radius 3 is 2.38 bits per heavy atom. The Hall–Kier alpha value is -1.53. The first-order valence-electron chi connectivity index (χ1n) is 6.38. The topological polar surface area (TPSA) is 27.1 Å². The van der Waals surface area contributed by atoms with E-state index in [1.165, 1.54) is 0 Å². The number of benzene rings is 1. The molecule has 0 atom stereocenters. The summed E-state index contributed by atoms with van der Waals surface area (Å²) in [6.07, 6.45) is -3.40. The van der Waals surface area contributed by atoms with Crippen LogP contribution in [0.1, 0.15) is 17.3 Å². The van der Waals surface area contributed by atoms with Gasteiger partial charge in [0.25, 0.3) is 0 Å². The quantitative estimate of drug-likeness (QED) is 0.804. The lowest BCUT2D eigenvalue weighted by atomic mass is 10.1. The fourth-order valence-corrected chi connectivity index (χ4v) is 2.33. The Balaban J connectivity index is 2.04. The molecule has 1 fully saturated rings. The molecule has 1 aliphatic rings. The lowest BCUT2D eigenvalue weighted by Gasteiger charge is -2.28. The molecule has 21 heavy (non-hydrogen) atoms. The van der Waals surface area contributed by atoms with E-state index < -0.39 is 11.9 Å². The minimum Gasteiger partial charge on any atom is -0.377 e. The molecule has 112 valence electrons. The Bertz CT molecular complexity index is 633. The number of ether oxygens (including phenoxy) is 1. The van der Waals surface area contributed by atoms with Gasteiger partial charge in [-0.2, -0.15) is 13.2 Å². The molecule has 1 aromatic carbocycles. The van der Waals surface area contributed by atoms with Crippen molar-refractivity contribution in [3.63, 3.8) is 0 Å². The summed E-state index contributed by atoms with van der Waals surface area (Å²) in [5.74, 6) is 0.663. The summed E-state index contributed by atoms with van der Waals surface area (Å²) in [6, 6.07) is 6.93. The molecule has 3 nitrogen and oxygen atoms in total. The van der Waals surface area contributed by atoms with Gasteiger partial charge in [0, 0.05) is 17.6 Å². The first-order chi connectivity index (χ1) is 9.99. The summed E-state index contributed by atoms with van der Waals surface area (Å²) >= 11 is 5.72. The Labute approximate surface area is 124 Å². The van der Waals surface area contributed by atoms with E-state index >= 15 is 0 Å². The SMILES string of the molecule is FC(F)(F)c1cn(C2COC2)c(-c2ccc(CCl)cc2)n1. The summed E-state index contributed by atoms with van der Waals surface area (Å²) in [7, 11) is 0. The molecule has 2 heterocycles. The Morgan fingerprint density at radius 2 is 1.90 bits per heavy atom. The number of aromatic nitrogens is 2. The van der Waals surface area contributed by atoms with Crippen molar-refractivity contribution in [2.24, 2.45) is 0 Å². The monoisotopic (exact) mass is 316 g/mol. The normalized spacial score (nSPS) is 16.0. The number of hydrogen-bond donors (Lipinski definition) is 0. The van der Waals surface area contributed by atoms with Crippen molar-refractivity contribution in [2.75, 3.05) is 13.2 Å². The molecule has 0 saturated carbocycles. The van der Waals surface area contributed by atoms with E-state index in [0.717, 1.165) is 11.8 Å². The van der Waals surface area contributed by atoms with Crippen molar-refractivity contribution in [1.82, 2.24) is 9.55 Å². The van der Waals surface area contributed by atoms with E-state index in [2.05, 4.69) is 4.98 Å². The molecule has 7 heteroatoms. The molecule has 0 aliphatic carbocycles. The highest BCUT2D eigenvalue weighted by atomic mass is 35.5. The largest absolute Gasteiger partial charge is 0.434 e. The van der Waals surface area contributed by atoms with Gasteiger partial charge in [-0.25, -0.2) is 4.98 Å². The van der Waals surface area contributed by atoms with E-state index in [9.17, 15) is 13.2 Å². The van der Waals surface area contributed by atoms with E-state index in [4.69, 9.17) is 16.3 Å². The fraction of sp³-hybridized carbons (Fsp3) is 0.357. The van der Waals surface area contributed by atoms with Crippen LogP contribution >= 0.6 is 11.6 Å². The molecule has 3 rings (SSSR count). The third-order valence-corrected chi connectivity index (χ3v) is 3.71. The fourth-order valence-electron chi connectivity index (χ4n) is 2.15. The molecule has 1 aromatic heterocycles. The van der Waals surface area contributed by atoms with Crippen LogP contribution in [0.2, 0.25) is 0 Å². The van der Waals surface area contributed by atoms with Crippen molar-refractivity contribution in [2.45, 2.75) is 18.1 Å². The number of imidazole rings is 1. The number of rotatable bonds is 3. The molecule has 0 unspecified atom stereocenters. The van der Waals surface area contributed by atoms with Crippen LogP contribution in [0.25, 0.3) is 11.4 Å². The van der Waals surface area contributed by atoms with Crippen LogP contribution in [0.5, 0.6) is 0 Å². The Kier molecular flexibility index (Phi) is 3.67. The first-order valence-corrected chi connectivity index (χ1v) is 6.91. The van der Waals surface area contributed by atoms with Crippen LogP contribution in [-0.2, 0) is 16.8 Å². The molecular weight excluding hydrogens is 305 g/mol. The molecule has 0 bridgehead atoms. The molecule has 0 amide bonds. The minimum absolute atomic E-state index is 0.101. The predicted molar refractivity (Wildman–Crippen MR) is 72.1 cm³/mol. The number of alkyl halides is 4. The second-order valence-corrected chi connectivity index (χ2v) is 5.14. The summed E-state index contributed by atoms with van der Waals surface area (Å²) in [5.41, 5.74) is 0.652. The van der Waals surface area contributed by atoms with Gasteiger partial charge in [-0.05, 0) is 5.56 Å². The van der Waals surface area contributed by atoms with Gasteiger partial charge >= 0.3 is 6.18 Å². The molecule has 0 N–H and O–H groups in total. The van der Waals surface area contributed by atoms with Gasteiger partial charge in [-0.15, -0.1) is 11.6 Å². The maximum atomic E-state index is 12.9. The number of nitrogens with zero attached hydrogens (tertiary/aromatic N) is 2. The lowest BCUT2D eigenvalue weighted by Crippen LogP contribution is -2.30. The van der Waals surface area contributed by atoms with E-state index in [0.29, 0.717) is 30.5 Å². The lowest BCUT2D eigenvalue weighted by molar-refractivity contribution is -0.141. The third-order valence-electron chi connectivity index (χ3n) is 3.40. The molecule has 0 spiro atoms. The molecule has 1 aliphatic heterocycles. The summed E-state index contributed by atoms with van der Waals surface area (Å²) in [4.78, 5) is 3.76. The average molecular weight is 317 g/mol. The predicted octanol–water partition coefficient (Wildman–Crippen LogP) is 3.88. The van der Waals surface area contributed by atoms with Crippen LogP contribution in [0.4, 0.5) is 13.2 Å².